The molecule has 0 radical (unpaired) electrons. The molecule has 1 saturated heterocycles. The van der Waals surface area contributed by atoms with E-state index in [1.165, 1.54) is 10.8 Å². The molecule has 1 unspecified atom stereocenters. The van der Waals surface area contributed by atoms with Crippen LogP contribution in [-0.4, -0.2) is 25.2 Å². The summed E-state index contributed by atoms with van der Waals surface area (Å²) in [5.74, 6) is -0.218. The highest BCUT2D eigenvalue weighted by atomic mass is 33.1. The molecule has 7 heteroatoms. The summed E-state index contributed by atoms with van der Waals surface area (Å²) in [7, 11) is -0.831. The molecule has 1 fully saturated rings. The quantitative estimate of drug-likeness (QED) is 0.497. The average Bonchev–Trinajstić information content (AvgIpc) is 1.86. The lowest BCUT2D eigenvalue weighted by Crippen LogP contribution is -2.29. The maximum absolute atomic E-state index is 10.9. The molecule has 64 valence electrons. The largest absolute Gasteiger partial charge is 0.291 e. The third kappa shape index (κ3) is 2.57. The van der Waals surface area contributed by atoms with Crippen LogP contribution in [0.5, 0.6) is 0 Å². The van der Waals surface area contributed by atoms with E-state index in [1.807, 2.05) is 0 Å². The van der Waals surface area contributed by atoms with Crippen LogP contribution in [0, 0.1) is 0 Å². The number of hydrogen-bond donors (Lipinski definition) is 1. The summed E-state index contributed by atoms with van der Waals surface area (Å²) in [4.78, 5) is 10.7. The van der Waals surface area contributed by atoms with E-state index < -0.39 is 14.4 Å². The number of carbonyl (C=O) groups excluding carboxylic acids is 1. The van der Waals surface area contributed by atoms with Crippen LogP contribution in [0.15, 0.2) is 0 Å². The van der Waals surface area contributed by atoms with E-state index in [2.05, 4.69) is 4.72 Å². The Kier molecular flexibility index (Phi) is 2.71. The minimum atomic E-state index is -3.08. The van der Waals surface area contributed by atoms with E-state index in [9.17, 15) is 13.2 Å². The second kappa shape index (κ2) is 3.24. The molecule has 1 N–H and O–H groups in total. The van der Waals surface area contributed by atoms with E-state index in [4.69, 9.17) is 0 Å². The monoisotopic (exact) mass is 213 g/mol. The summed E-state index contributed by atoms with van der Waals surface area (Å²) in [6.45, 7) is 0. The van der Waals surface area contributed by atoms with Gasteiger partial charge < -0.3 is 0 Å². The molecule has 0 saturated carbocycles. The minimum Gasteiger partial charge on any atom is -0.291 e. The maximum Gasteiger partial charge on any atom is 0.232 e. The highest BCUT2D eigenvalue weighted by Crippen LogP contribution is 2.33. The van der Waals surface area contributed by atoms with Gasteiger partial charge in [0.15, 0.2) is 9.84 Å². The zero-order chi connectivity index (χ0) is 8.48. The van der Waals surface area contributed by atoms with Crippen molar-refractivity contribution < 1.29 is 13.2 Å². The molecule has 1 heterocycles. The fourth-order valence-electron chi connectivity index (χ4n) is 0.574. The fraction of sp³-hybridized carbons (Fsp3) is 0.750. The molecule has 1 amide bonds. The molecule has 1 rings (SSSR count). The van der Waals surface area contributed by atoms with Crippen molar-refractivity contribution in [3.63, 3.8) is 0 Å². The van der Waals surface area contributed by atoms with Crippen molar-refractivity contribution in [2.75, 3.05) is 6.26 Å². The molecule has 4 nitrogen and oxygen atoms in total. The number of carbonyl (C=O) groups is 1. The Morgan fingerprint density at radius 1 is 1.64 bits per heavy atom. The van der Waals surface area contributed by atoms with Gasteiger partial charge in [-0.2, -0.15) is 0 Å². The van der Waals surface area contributed by atoms with Crippen LogP contribution in [0.25, 0.3) is 0 Å². The minimum absolute atomic E-state index is 0.0660. The number of amides is 1. The molecule has 1 aliphatic heterocycles. The summed E-state index contributed by atoms with van der Waals surface area (Å²) in [5, 5.41) is 0. The zero-order valence-electron chi connectivity index (χ0n) is 5.73. The molecule has 0 bridgehead atoms. The number of sulfone groups is 1. The van der Waals surface area contributed by atoms with E-state index in [0.717, 1.165) is 17.2 Å². The van der Waals surface area contributed by atoms with Gasteiger partial charge in [0, 0.05) is 17.2 Å². The first-order chi connectivity index (χ1) is 5.00. The molecule has 0 aromatic rings. The van der Waals surface area contributed by atoms with Crippen LogP contribution in [0.1, 0.15) is 6.42 Å². The Balaban J connectivity index is 2.68. The smallest absolute Gasteiger partial charge is 0.232 e. The van der Waals surface area contributed by atoms with Crippen molar-refractivity contribution in [2.24, 2.45) is 0 Å². The normalized spacial score (nSPS) is 26.3. The predicted molar refractivity (Wildman–Crippen MR) is 46.6 cm³/mol. The number of rotatable bonds is 1. The van der Waals surface area contributed by atoms with Gasteiger partial charge in [0.1, 0.15) is 4.58 Å². The van der Waals surface area contributed by atoms with Gasteiger partial charge in [-0.15, -0.1) is 0 Å². The van der Waals surface area contributed by atoms with Gasteiger partial charge >= 0.3 is 0 Å². The zero-order valence-corrected chi connectivity index (χ0v) is 8.18. The van der Waals surface area contributed by atoms with Crippen LogP contribution in [0.3, 0.4) is 0 Å². The third-order valence-corrected chi connectivity index (χ3v) is 5.99. The molecule has 0 aromatic heterocycles. The molecule has 1 aliphatic rings. The topological polar surface area (TPSA) is 63.2 Å². The van der Waals surface area contributed by atoms with Crippen molar-refractivity contribution >= 4 is 37.5 Å². The van der Waals surface area contributed by atoms with Crippen LogP contribution in [-0.2, 0) is 14.6 Å². The Hall–Kier alpha value is 0.120. The van der Waals surface area contributed by atoms with Crippen molar-refractivity contribution in [2.45, 2.75) is 11.0 Å². The van der Waals surface area contributed by atoms with Crippen LogP contribution < -0.4 is 4.72 Å². The van der Waals surface area contributed by atoms with Gasteiger partial charge in [0.2, 0.25) is 5.91 Å². The summed E-state index contributed by atoms with van der Waals surface area (Å²) in [6, 6.07) is 0. The van der Waals surface area contributed by atoms with Crippen LogP contribution >= 0.6 is 21.8 Å². The molecule has 0 aliphatic carbocycles. The van der Waals surface area contributed by atoms with Crippen molar-refractivity contribution in [1.82, 2.24) is 4.72 Å². The Bertz CT molecular complexity index is 260. The van der Waals surface area contributed by atoms with E-state index in [1.54, 1.807) is 0 Å². The van der Waals surface area contributed by atoms with Crippen molar-refractivity contribution in [1.29, 1.82) is 0 Å². The summed E-state index contributed by atoms with van der Waals surface area (Å²) in [5.41, 5.74) is 0. The molecular weight excluding hydrogens is 206 g/mol. The lowest BCUT2D eigenvalue weighted by Gasteiger charge is -2.17. The molecular formula is C4H7NO3S3. The van der Waals surface area contributed by atoms with Crippen molar-refractivity contribution in [3.8, 4) is 0 Å². The third-order valence-electron chi connectivity index (χ3n) is 1.14. The van der Waals surface area contributed by atoms with Crippen LogP contribution in [0.4, 0.5) is 0 Å². The van der Waals surface area contributed by atoms with Gasteiger partial charge in [-0.1, -0.05) is 10.8 Å². The molecule has 1 atom stereocenters. The molecule has 0 aromatic carbocycles. The summed E-state index contributed by atoms with van der Waals surface area (Å²) < 4.78 is 23.7. The number of nitrogens with one attached hydrogen (secondary N) is 1. The van der Waals surface area contributed by atoms with E-state index in [-0.39, 0.29) is 12.3 Å². The summed E-state index contributed by atoms with van der Waals surface area (Å²) in [6.07, 6.45) is 1.21. The van der Waals surface area contributed by atoms with Gasteiger partial charge in [0.25, 0.3) is 0 Å². The first-order valence-electron chi connectivity index (χ1n) is 2.80. The Labute approximate surface area is 72.9 Å². The Morgan fingerprint density at radius 3 is 2.64 bits per heavy atom. The van der Waals surface area contributed by atoms with Gasteiger partial charge in [-0.3, -0.25) is 9.52 Å². The second-order valence-electron chi connectivity index (χ2n) is 2.17. The van der Waals surface area contributed by atoms with Gasteiger partial charge in [-0.25, -0.2) is 8.42 Å². The highest BCUT2D eigenvalue weighted by molar-refractivity contribution is 8.77. The first-order valence-corrected chi connectivity index (χ1v) is 6.97. The molecule has 0 spiro atoms. The second-order valence-corrected chi connectivity index (χ2v) is 6.90. The standard InChI is InChI=1S/C4H7NO3S3/c1-11(7,8)4-2-3(6)5-10-9-4/h4H,2H2,1H3,(H,5,6). The average molecular weight is 213 g/mol. The van der Waals surface area contributed by atoms with E-state index in [0.29, 0.717) is 0 Å². The Morgan fingerprint density at radius 2 is 2.27 bits per heavy atom. The van der Waals surface area contributed by atoms with Gasteiger partial charge in [-0.05, 0) is 0 Å². The van der Waals surface area contributed by atoms with Crippen LogP contribution in [0.2, 0.25) is 0 Å². The van der Waals surface area contributed by atoms with Gasteiger partial charge in [0.05, 0.1) is 6.42 Å². The SMILES string of the molecule is CS(=O)(=O)C1CC(=O)NSS1. The van der Waals surface area contributed by atoms with Crippen molar-refractivity contribution in [3.05, 3.63) is 0 Å². The lowest BCUT2D eigenvalue weighted by molar-refractivity contribution is -0.118. The lowest BCUT2D eigenvalue weighted by atomic mass is 10.5. The predicted octanol–water partition coefficient (Wildman–Crippen LogP) is 0.173. The molecule has 11 heavy (non-hydrogen) atoms. The first kappa shape index (κ1) is 9.21. The van der Waals surface area contributed by atoms with E-state index >= 15 is 0 Å². The number of hydrogen-bond acceptors (Lipinski definition) is 5. The highest BCUT2D eigenvalue weighted by Gasteiger charge is 2.28. The maximum atomic E-state index is 10.9. The fourth-order valence-corrected chi connectivity index (χ4v) is 4.74. The summed E-state index contributed by atoms with van der Waals surface area (Å²) >= 11 is 0.